The molecule has 0 aromatic rings. The van der Waals surface area contributed by atoms with Gasteiger partial charge in [0.25, 0.3) is 0 Å². The highest BCUT2D eigenvalue weighted by atomic mass is 16.5. The number of hydrogen-bond donors (Lipinski definition) is 2. The molecule has 2 saturated heterocycles. The largest absolute Gasteiger partial charge is 0.381 e. The molecule has 0 aliphatic carbocycles. The second kappa shape index (κ2) is 7.58. The second-order valence-electron chi connectivity index (χ2n) is 6.56. The molecule has 2 fully saturated rings. The summed E-state index contributed by atoms with van der Waals surface area (Å²) < 4.78 is 5.40. The average molecular weight is 269 g/mol. The summed E-state index contributed by atoms with van der Waals surface area (Å²) >= 11 is 0. The molecule has 2 aliphatic rings. The minimum Gasteiger partial charge on any atom is -0.381 e. The molecule has 0 saturated carbocycles. The van der Waals surface area contributed by atoms with Gasteiger partial charge in [-0.2, -0.15) is 0 Å². The molecule has 2 N–H and O–H groups in total. The van der Waals surface area contributed by atoms with E-state index >= 15 is 0 Å². The van der Waals surface area contributed by atoms with Gasteiger partial charge in [-0.3, -0.25) is 4.90 Å². The maximum Gasteiger partial charge on any atom is 0.0469 e. The summed E-state index contributed by atoms with van der Waals surface area (Å²) in [5, 5.41) is 7.08. The number of ether oxygens (including phenoxy) is 1. The Hall–Kier alpha value is -0.160. The number of rotatable bonds is 6. The SMILES string of the molecule is CC(C)(CCNCC1CCOCC1)N1CCNCC1. The normalized spacial score (nSPS) is 23.7. The number of nitrogens with one attached hydrogen (secondary N) is 2. The first-order valence-corrected chi connectivity index (χ1v) is 7.93. The van der Waals surface area contributed by atoms with E-state index in [-0.39, 0.29) is 0 Å². The second-order valence-corrected chi connectivity index (χ2v) is 6.56. The number of nitrogens with zero attached hydrogens (tertiary/aromatic N) is 1. The molecule has 0 atom stereocenters. The number of hydrogen-bond acceptors (Lipinski definition) is 4. The van der Waals surface area contributed by atoms with Gasteiger partial charge in [0, 0.05) is 44.9 Å². The molecule has 4 nitrogen and oxygen atoms in total. The van der Waals surface area contributed by atoms with Crippen molar-refractivity contribution in [1.29, 1.82) is 0 Å². The van der Waals surface area contributed by atoms with E-state index < -0.39 is 0 Å². The van der Waals surface area contributed by atoms with E-state index in [1.807, 2.05) is 0 Å². The molecule has 4 heteroatoms. The molecule has 2 rings (SSSR count). The molecule has 0 spiro atoms. The Morgan fingerprint density at radius 1 is 1.21 bits per heavy atom. The third-order valence-electron chi connectivity index (χ3n) is 4.66. The van der Waals surface area contributed by atoms with E-state index in [9.17, 15) is 0 Å². The maximum absolute atomic E-state index is 5.40. The van der Waals surface area contributed by atoms with Crippen LogP contribution in [0.4, 0.5) is 0 Å². The minimum absolute atomic E-state index is 0.324. The first kappa shape index (κ1) is 15.2. The van der Waals surface area contributed by atoms with Gasteiger partial charge in [-0.25, -0.2) is 0 Å². The summed E-state index contributed by atoms with van der Waals surface area (Å²) in [4.78, 5) is 2.62. The van der Waals surface area contributed by atoms with Crippen molar-refractivity contribution in [1.82, 2.24) is 15.5 Å². The summed E-state index contributed by atoms with van der Waals surface area (Å²) in [7, 11) is 0. The van der Waals surface area contributed by atoms with Gasteiger partial charge in [0.2, 0.25) is 0 Å². The van der Waals surface area contributed by atoms with Crippen LogP contribution in [0.15, 0.2) is 0 Å². The van der Waals surface area contributed by atoms with E-state index in [2.05, 4.69) is 29.4 Å². The summed E-state index contributed by atoms with van der Waals surface area (Å²) in [5.41, 5.74) is 0.324. The molecule has 19 heavy (non-hydrogen) atoms. The Labute approximate surface area is 118 Å². The smallest absolute Gasteiger partial charge is 0.0469 e. The lowest BCUT2D eigenvalue weighted by Crippen LogP contribution is -2.54. The first-order valence-electron chi connectivity index (χ1n) is 7.93. The lowest BCUT2D eigenvalue weighted by atomic mass is 9.96. The fourth-order valence-corrected chi connectivity index (χ4v) is 3.08. The zero-order valence-corrected chi connectivity index (χ0v) is 12.7. The van der Waals surface area contributed by atoms with Crippen molar-refractivity contribution in [2.75, 3.05) is 52.5 Å². The molecule has 0 unspecified atom stereocenters. The van der Waals surface area contributed by atoms with Crippen molar-refractivity contribution < 1.29 is 4.74 Å². The highest BCUT2D eigenvalue weighted by Crippen LogP contribution is 2.19. The summed E-state index contributed by atoms with van der Waals surface area (Å²) in [6.45, 7) is 13.6. The maximum atomic E-state index is 5.40. The van der Waals surface area contributed by atoms with Crippen molar-refractivity contribution in [2.24, 2.45) is 5.92 Å². The van der Waals surface area contributed by atoms with E-state index in [1.54, 1.807) is 0 Å². The first-order chi connectivity index (χ1) is 9.18. The highest BCUT2D eigenvalue weighted by molar-refractivity contribution is 4.85. The van der Waals surface area contributed by atoms with Gasteiger partial charge in [0.05, 0.1) is 0 Å². The van der Waals surface area contributed by atoms with Crippen molar-refractivity contribution in [3.8, 4) is 0 Å². The van der Waals surface area contributed by atoms with Crippen LogP contribution in [0, 0.1) is 5.92 Å². The van der Waals surface area contributed by atoms with E-state index in [1.165, 1.54) is 38.9 Å². The molecule has 0 bridgehead atoms. The van der Waals surface area contributed by atoms with Crippen LogP contribution in [-0.4, -0.2) is 62.9 Å². The summed E-state index contributed by atoms with van der Waals surface area (Å²) in [6.07, 6.45) is 3.69. The summed E-state index contributed by atoms with van der Waals surface area (Å²) in [6, 6.07) is 0. The number of piperazine rings is 1. The fraction of sp³-hybridized carbons (Fsp3) is 1.00. The van der Waals surface area contributed by atoms with Gasteiger partial charge < -0.3 is 15.4 Å². The van der Waals surface area contributed by atoms with Crippen molar-refractivity contribution in [2.45, 2.75) is 38.6 Å². The van der Waals surface area contributed by atoms with Gasteiger partial charge in [-0.15, -0.1) is 0 Å². The van der Waals surface area contributed by atoms with Gasteiger partial charge in [0.1, 0.15) is 0 Å². The quantitative estimate of drug-likeness (QED) is 0.708. The molecule has 0 aromatic heterocycles. The average Bonchev–Trinajstić information content (AvgIpc) is 2.46. The Morgan fingerprint density at radius 2 is 1.89 bits per heavy atom. The molecular formula is C15H31N3O. The van der Waals surface area contributed by atoms with Crippen molar-refractivity contribution in [3.63, 3.8) is 0 Å². The minimum atomic E-state index is 0.324. The van der Waals surface area contributed by atoms with Crippen LogP contribution in [0.25, 0.3) is 0 Å². The Kier molecular flexibility index (Phi) is 6.07. The predicted molar refractivity (Wildman–Crippen MR) is 79.6 cm³/mol. The molecular weight excluding hydrogens is 238 g/mol. The molecule has 0 aromatic carbocycles. The van der Waals surface area contributed by atoms with E-state index in [0.29, 0.717) is 5.54 Å². The third kappa shape index (κ3) is 5.03. The van der Waals surface area contributed by atoms with Crippen molar-refractivity contribution >= 4 is 0 Å². The fourth-order valence-electron chi connectivity index (χ4n) is 3.08. The van der Waals surface area contributed by atoms with Gasteiger partial charge in [-0.1, -0.05) is 0 Å². The van der Waals surface area contributed by atoms with Crippen LogP contribution < -0.4 is 10.6 Å². The van der Waals surface area contributed by atoms with Crippen molar-refractivity contribution in [3.05, 3.63) is 0 Å². The lowest BCUT2D eigenvalue weighted by molar-refractivity contribution is 0.0649. The Bertz CT molecular complexity index is 246. The van der Waals surface area contributed by atoms with Crippen LogP contribution in [-0.2, 0) is 4.74 Å². The Balaban J connectivity index is 1.60. The van der Waals surface area contributed by atoms with Crippen LogP contribution in [0.1, 0.15) is 33.1 Å². The van der Waals surface area contributed by atoms with Crippen LogP contribution in [0.5, 0.6) is 0 Å². The van der Waals surface area contributed by atoms with Gasteiger partial charge in [-0.05, 0) is 52.1 Å². The highest BCUT2D eigenvalue weighted by Gasteiger charge is 2.27. The standard InChI is InChI=1S/C15H31N3O/c1-15(2,18-9-7-16-8-10-18)5-6-17-13-14-3-11-19-12-4-14/h14,16-17H,3-13H2,1-2H3. The third-order valence-corrected chi connectivity index (χ3v) is 4.66. The zero-order chi connectivity index (χ0) is 13.6. The lowest BCUT2D eigenvalue weighted by Gasteiger charge is -2.41. The van der Waals surface area contributed by atoms with Gasteiger partial charge >= 0.3 is 0 Å². The molecule has 0 radical (unpaired) electrons. The molecule has 2 heterocycles. The molecule has 112 valence electrons. The predicted octanol–water partition coefficient (Wildman–Crippen LogP) is 1.08. The Morgan fingerprint density at radius 3 is 2.58 bits per heavy atom. The van der Waals surface area contributed by atoms with Crippen LogP contribution >= 0.6 is 0 Å². The van der Waals surface area contributed by atoms with Gasteiger partial charge in [0.15, 0.2) is 0 Å². The topological polar surface area (TPSA) is 36.5 Å². The summed E-state index contributed by atoms with van der Waals surface area (Å²) in [5.74, 6) is 0.830. The van der Waals surface area contributed by atoms with Crippen LogP contribution in [0.3, 0.4) is 0 Å². The van der Waals surface area contributed by atoms with Crippen LogP contribution in [0.2, 0.25) is 0 Å². The van der Waals surface area contributed by atoms with E-state index in [0.717, 1.165) is 38.8 Å². The zero-order valence-electron chi connectivity index (χ0n) is 12.7. The molecule has 2 aliphatic heterocycles. The van der Waals surface area contributed by atoms with E-state index in [4.69, 9.17) is 4.74 Å². The monoisotopic (exact) mass is 269 g/mol. The molecule has 0 amide bonds.